The van der Waals surface area contributed by atoms with Crippen LogP contribution < -0.4 is 5.32 Å². The van der Waals surface area contributed by atoms with Crippen molar-refractivity contribution in [3.05, 3.63) is 35.9 Å². The van der Waals surface area contributed by atoms with Gasteiger partial charge in [0, 0.05) is 17.2 Å². The van der Waals surface area contributed by atoms with E-state index in [4.69, 9.17) is 0 Å². The maximum absolute atomic E-state index is 12.6. The molecule has 0 unspecified atom stereocenters. The Hall–Kier alpha value is -2.45. The summed E-state index contributed by atoms with van der Waals surface area (Å²) in [6.07, 6.45) is 18.5. The minimum absolute atomic E-state index is 0.0863. The first kappa shape index (κ1) is 30.8. The monoisotopic (exact) mass is 533 g/mol. The summed E-state index contributed by atoms with van der Waals surface area (Å²) in [5.41, 5.74) is -0.379. The molecule has 0 saturated heterocycles. The number of benzene rings is 2. The number of phenols is 1. The number of carbonyl (C=O) groups is 2. The van der Waals surface area contributed by atoms with E-state index < -0.39 is 32.6 Å². The summed E-state index contributed by atoms with van der Waals surface area (Å²) in [7, 11) is -4.64. The summed E-state index contributed by atoms with van der Waals surface area (Å²) in [4.78, 5) is 24.3. The lowest BCUT2D eigenvalue weighted by Gasteiger charge is -2.11. The molecule has 2 rings (SSSR count). The maximum atomic E-state index is 12.6. The van der Waals surface area contributed by atoms with Gasteiger partial charge in [-0.25, -0.2) is 0 Å². The van der Waals surface area contributed by atoms with Gasteiger partial charge in [0.2, 0.25) is 5.91 Å². The van der Waals surface area contributed by atoms with E-state index in [2.05, 4.69) is 12.2 Å². The fourth-order valence-corrected chi connectivity index (χ4v) is 5.35. The summed E-state index contributed by atoms with van der Waals surface area (Å²) in [5.74, 6) is -1.83. The van der Waals surface area contributed by atoms with Crippen LogP contribution in [0.3, 0.4) is 0 Å². The molecule has 2 aromatic carbocycles. The minimum Gasteiger partial charge on any atom is -0.506 e. The van der Waals surface area contributed by atoms with Crippen LogP contribution in [0.25, 0.3) is 10.8 Å². The molecule has 0 radical (unpaired) electrons. The van der Waals surface area contributed by atoms with Crippen LogP contribution in [0.4, 0.5) is 0 Å². The number of carbonyl (C=O) groups excluding carboxylic acids is 2. The van der Waals surface area contributed by atoms with Gasteiger partial charge in [-0.3, -0.25) is 19.5 Å². The molecule has 0 bridgehead atoms. The second kappa shape index (κ2) is 16.4. The fraction of sp³-hybridized carbons (Fsp3) is 0.586. The lowest BCUT2D eigenvalue weighted by molar-refractivity contribution is -0.120. The van der Waals surface area contributed by atoms with E-state index in [1.807, 2.05) is 0 Å². The van der Waals surface area contributed by atoms with Crippen LogP contribution >= 0.6 is 0 Å². The first-order valence-electron chi connectivity index (χ1n) is 13.8. The van der Waals surface area contributed by atoms with Gasteiger partial charge in [0.1, 0.15) is 10.6 Å². The fourth-order valence-electron chi connectivity index (χ4n) is 4.63. The Morgan fingerprint density at radius 1 is 0.757 bits per heavy atom. The van der Waals surface area contributed by atoms with Gasteiger partial charge in [-0.05, 0) is 12.5 Å². The van der Waals surface area contributed by atoms with Gasteiger partial charge in [-0.2, -0.15) is 8.42 Å². The topological polar surface area (TPSA) is 121 Å². The van der Waals surface area contributed by atoms with Crippen molar-refractivity contribution >= 4 is 32.7 Å². The first-order chi connectivity index (χ1) is 17.8. The minimum atomic E-state index is -4.64. The zero-order valence-electron chi connectivity index (χ0n) is 22.1. The van der Waals surface area contributed by atoms with Crippen LogP contribution in [-0.2, 0) is 14.9 Å². The summed E-state index contributed by atoms with van der Waals surface area (Å²) >= 11 is 0. The molecule has 0 atom stereocenters. The molecular formula is C29H43NO6S. The smallest absolute Gasteiger partial charge is 0.295 e. The Kier molecular flexibility index (Phi) is 13.6. The van der Waals surface area contributed by atoms with Crippen LogP contribution in [0.15, 0.2) is 35.2 Å². The normalized spacial score (nSPS) is 11.6. The largest absolute Gasteiger partial charge is 0.506 e. The van der Waals surface area contributed by atoms with Gasteiger partial charge in [0.05, 0.1) is 5.56 Å². The molecule has 2 amide bonds. The van der Waals surface area contributed by atoms with Crippen molar-refractivity contribution in [1.29, 1.82) is 0 Å². The molecule has 0 aliphatic carbocycles. The van der Waals surface area contributed by atoms with Gasteiger partial charge in [0.15, 0.2) is 0 Å². The molecule has 37 heavy (non-hydrogen) atoms. The highest BCUT2D eigenvalue weighted by atomic mass is 32.2. The second-order valence-corrected chi connectivity index (χ2v) is 11.3. The highest BCUT2D eigenvalue weighted by Crippen LogP contribution is 2.34. The quantitative estimate of drug-likeness (QED) is 0.136. The van der Waals surface area contributed by atoms with Crippen molar-refractivity contribution in [3.8, 4) is 5.75 Å². The number of imide groups is 1. The van der Waals surface area contributed by atoms with Gasteiger partial charge in [-0.1, -0.05) is 121 Å². The highest BCUT2D eigenvalue weighted by molar-refractivity contribution is 7.86. The Morgan fingerprint density at radius 2 is 1.22 bits per heavy atom. The zero-order chi connectivity index (χ0) is 27.1. The van der Waals surface area contributed by atoms with Crippen molar-refractivity contribution in [3.63, 3.8) is 0 Å². The number of fused-ring (bicyclic) bond motifs is 1. The molecule has 0 fully saturated rings. The predicted octanol–water partition coefficient (Wildman–Crippen LogP) is 7.31. The van der Waals surface area contributed by atoms with Crippen LogP contribution in [0.5, 0.6) is 5.75 Å². The number of hydrogen-bond acceptors (Lipinski definition) is 5. The van der Waals surface area contributed by atoms with Crippen LogP contribution in [-0.4, -0.2) is 29.9 Å². The summed E-state index contributed by atoms with van der Waals surface area (Å²) in [6, 6.07) is 6.87. The molecule has 0 aliphatic heterocycles. The number of hydrogen-bond donors (Lipinski definition) is 3. The molecule has 206 valence electrons. The van der Waals surface area contributed by atoms with E-state index in [1.165, 1.54) is 82.8 Å². The lowest BCUT2D eigenvalue weighted by Crippen LogP contribution is -2.30. The predicted molar refractivity (Wildman–Crippen MR) is 147 cm³/mol. The van der Waals surface area contributed by atoms with E-state index in [0.29, 0.717) is 6.42 Å². The molecule has 8 heteroatoms. The number of nitrogens with one attached hydrogen (secondary N) is 1. The zero-order valence-corrected chi connectivity index (χ0v) is 23.0. The molecule has 7 nitrogen and oxygen atoms in total. The third-order valence-electron chi connectivity index (χ3n) is 6.76. The molecule has 0 heterocycles. The molecular weight excluding hydrogens is 490 g/mol. The third kappa shape index (κ3) is 10.8. The molecule has 0 aromatic heterocycles. The van der Waals surface area contributed by atoms with E-state index in [9.17, 15) is 27.7 Å². The number of rotatable bonds is 18. The molecule has 2 aromatic rings. The van der Waals surface area contributed by atoms with Crippen LogP contribution in [0, 0.1) is 0 Å². The number of amides is 2. The van der Waals surface area contributed by atoms with Crippen molar-refractivity contribution in [1.82, 2.24) is 5.32 Å². The van der Waals surface area contributed by atoms with Gasteiger partial charge in [-0.15, -0.1) is 0 Å². The van der Waals surface area contributed by atoms with Gasteiger partial charge >= 0.3 is 0 Å². The summed E-state index contributed by atoms with van der Waals surface area (Å²) in [5, 5.41) is 12.9. The summed E-state index contributed by atoms with van der Waals surface area (Å²) < 4.78 is 33.2. The van der Waals surface area contributed by atoms with Crippen LogP contribution in [0.1, 0.15) is 120 Å². The van der Waals surface area contributed by atoms with E-state index in [-0.39, 0.29) is 22.8 Å². The molecule has 3 N–H and O–H groups in total. The van der Waals surface area contributed by atoms with Crippen LogP contribution in [0.2, 0.25) is 0 Å². The highest BCUT2D eigenvalue weighted by Gasteiger charge is 2.23. The average molecular weight is 534 g/mol. The molecule has 0 saturated carbocycles. The average Bonchev–Trinajstić information content (AvgIpc) is 2.86. The van der Waals surface area contributed by atoms with E-state index in [0.717, 1.165) is 25.3 Å². The van der Waals surface area contributed by atoms with E-state index in [1.54, 1.807) is 12.1 Å². The van der Waals surface area contributed by atoms with Crippen molar-refractivity contribution < 1.29 is 27.7 Å². The number of aromatic hydroxyl groups is 1. The molecule has 0 spiro atoms. The van der Waals surface area contributed by atoms with Crippen molar-refractivity contribution in [2.45, 2.75) is 115 Å². The van der Waals surface area contributed by atoms with Gasteiger partial charge in [0.25, 0.3) is 16.0 Å². The second-order valence-electron chi connectivity index (χ2n) is 9.87. The Balaban J connectivity index is 1.65. The standard InChI is InChI=1S/C29H43NO6S/c1-2-3-4-5-6-7-8-9-10-11-12-13-14-15-16-21-27(31)30-29(33)25-22-26(37(34,35)36)23-19-17-18-20-24(23)28(25)32/h17-20,22,32H,2-16,21H2,1H3,(H,30,31,33)(H,34,35,36). The maximum Gasteiger partial charge on any atom is 0.295 e. The SMILES string of the molecule is CCCCCCCCCCCCCCCCCC(=O)NC(=O)c1cc(S(=O)(=O)O)c2ccccc2c1O. The molecule has 0 aliphatic rings. The first-order valence-corrected chi connectivity index (χ1v) is 15.3. The Morgan fingerprint density at radius 3 is 1.70 bits per heavy atom. The van der Waals surface area contributed by atoms with Crippen molar-refractivity contribution in [2.24, 2.45) is 0 Å². The number of phenolic OH excluding ortho intramolecular Hbond substituents is 1. The Bertz CT molecular complexity index is 1110. The Labute approximate surface area is 221 Å². The van der Waals surface area contributed by atoms with E-state index >= 15 is 0 Å². The lowest BCUT2D eigenvalue weighted by atomic mass is 10.0. The van der Waals surface area contributed by atoms with Gasteiger partial charge < -0.3 is 5.11 Å². The van der Waals surface area contributed by atoms with Crippen molar-refractivity contribution in [2.75, 3.05) is 0 Å². The third-order valence-corrected chi connectivity index (χ3v) is 7.65. The summed E-state index contributed by atoms with van der Waals surface area (Å²) in [6.45, 7) is 2.24. The number of unbranched alkanes of at least 4 members (excludes halogenated alkanes) is 14.